The predicted molar refractivity (Wildman–Crippen MR) is 95.1 cm³/mol. The van der Waals surface area contributed by atoms with Gasteiger partial charge in [0.25, 0.3) is 0 Å². The average Bonchev–Trinajstić information content (AvgIpc) is 2.53. The zero-order valence-corrected chi connectivity index (χ0v) is 15.0. The van der Waals surface area contributed by atoms with Crippen LogP contribution in [0.2, 0.25) is 0 Å². The number of fused-ring (bicyclic) bond motifs is 1. The summed E-state index contributed by atoms with van der Waals surface area (Å²) < 4.78 is 17.2. The molecule has 0 radical (unpaired) electrons. The molecule has 2 rings (SSSR count). The number of ether oxygens (including phenoxy) is 1. The van der Waals surface area contributed by atoms with Gasteiger partial charge in [-0.3, -0.25) is 9.19 Å². The molecule has 0 bridgehead atoms. The fraction of sp³-hybridized carbons (Fsp3) is 0.529. The molecule has 0 aliphatic rings. The highest BCUT2D eigenvalue weighted by Gasteiger charge is 2.14. The van der Waals surface area contributed by atoms with Gasteiger partial charge in [0.05, 0.1) is 12.0 Å². The fourth-order valence-corrected chi connectivity index (χ4v) is 2.78. The number of aromatic nitrogens is 2. The van der Waals surface area contributed by atoms with Crippen LogP contribution in [0.25, 0.3) is 10.8 Å². The highest BCUT2D eigenvalue weighted by molar-refractivity contribution is 7.84. The molecule has 3 atom stereocenters. The number of rotatable bonds is 7. The smallest absolute Gasteiger partial charge is 0.222 e. The summed E-state index contributed by atoms with van der Waals surface area (Å²) in [5.74, 6) is 0.564. The first kappa shape index (κ1) is 17.8. The molecule has 6 heteroatoms. The summed E-state index contributed by atoms with van der Waals surface area (Å²) in [6.45, 7) is 6.45. The lowest BCUT2D eigenvalue weighted by Gasteiger charge is -2.16. The molecule has 0 spiro atoms. The summed E-state index contributed by atoms with van der Waals surface area (Å²) in [7, 11) is -0.839. The molecule has 0 saturated heterocycles. The van der Waals surface area contributed by atoms with Crippen LogP contribution in [0.4, 0.5) is 0 Å². The largest absolute Gasteiger partial charge is 0.477 e. The molecule has 2 aromatic rings. The van der Waals surface area contributed by atoms with Crippen molar-refractivity contribution in [1.82, 2.24) is 9.97 Å². The third-order valence-corrected chi connectivity index (χ3v) is 5.44. The Hall–Kier alpha value is -1.53. The molecule has 2 aromatic heterocycles. The van der Waals surface area contributed by atoms with Crippen molar-refractivity contribution in [2.45, 2.75) is 44.9 Å². The van der Waals surface area contributed by atoms with Crippen LogP contribution >= 0.6 is 0 Å². The van der Waals surface area contributed by atoms with E-state index in [1.54, 1.807) is 18.6 Å². The molecule has 0 aromatic carbocycles. The Morgan fingerprint density at radius 3 is 2.70 bits per heavy atom. The van der Waals surface area contributed by atoms with Gasteiger partial charge in [-0.05, 0) is 36.8 Å². The van der Waals surface area contributed by atoms with Crippen molar-refractivity contribution in [3.63, 3.8) is 0 Å². The summed E-state index contributed by atoms with van der Waals surface area (Å²) in [5.41, 5.74) is 8.15. The Labute approximate surface area is 140 Å². The lowest BCUT2D eigenvalue weighted by atomic mass is 10.0. The Bertz CT molecular complexity index is 706. The first-order chi connectivity index (χ1) is 10.9. The van der Waals surface area contributed by atoms with Crippen LogP contribution in [0.5, 0.6) is 5.88 Å². The normalized spacial score (nSPS) is 15.3. The molecule has 126 valence electrons. The molecule has 23 heavy (non-hydrogen) atoms. The topological polar surface area (TPSA) is 78.1 Å². The zero-order valence-electron chi connectivity index (χ0n) is 14.2. The third kappa shape index (κ3) is 4.26. The van der Waals surface area contributed by atoms with E-state index in [0.717, 1.165) is 34.9 Å². The lowest BCUT2D eigenvalue weighted by molar-refractivity contribution is 0.302. The van der Waals surface area contributed by atoms with E-state index in [2.05, 4.69) is 16.9 Å². The van der Waals surface area contributed by atoms with Crippen LogP contribution in [-0.2, 0) is 10.8 Å². The molecule has 0 saturated carbocycles. The SMILES string of the molecule is CCC(N)c1cnc(OCCC(C)S(C)=O)c2cnc(C)cc12. The molecule has 0 fully saturated rings. The lowest BCUT2D eigenvalue weighted by Crippen LogP contribution is -2.14. The van der Waals surface area contributed by atoms with Crippen LogP contribution in [0, 0.1) is 6.92 Å². The molecule has 5 nitrogen and oxygen atoms in total. The van der Waals surface area contributed by atoms with E-state index in [1.807, 2.05) is 19.9 Å². The molecule has 0 aliphatic carbocycles. The van der Waals surface area contributed by atoms with Gasteiger partial charge in [0.2, 0.25) is 5.88 Å². The summed E-state index contributed by atoms with van der Waals surface area (Å²) in [6, 6.07) is 1.97. The minimum Gasteiger partial charge on any atom is -0.477 e. The Morgan fingerprint density at radius 2 is 2.04 bits per heavy atom. The summed E-state index contributed by atoms with van der Waals surface area (Å²) in [4.78, 5) is 8.79. The first-order valence-corrected chi connectivity index (χ1v) is 9.52. The first-order valence-electron chi connectivity index (χ1n) is 7.89. The number of hydrogen-bond donors (Lipinski definition) is 1. The second-order valence-corrected chi connectivity index (χ2v) is 7.65. The number of pyridine rings is 2. The number of nitrogens with two attached hydrogens (primary N) is 1. The summed E-state index contributed by atoms with van der Waals surface area (Å²) >= 11 is 0. The van der Waals surface area contributed by atoms with Crippen LogP contribution < -0.4 is 10.5 Å². The van der Waals surface area contributed by atoms with Crippen molar-refractivity contribution in [2.24, 2.45) is 5.73 Å². The molecular weight excluding hydrogens is 310 g/mol. The van der Waals surface area contributed by atoms with Crippen molar-refractivity contribution in [3.05, 3.63) is 29.7 Å². The van der Waals surface area contributed by atoms with Crippen LogP contribution in [0.1, 0.15) is 44.0 Å². The molecule has 2 heterocycles. The van der Waals surface area contributed by atoms with Gasteiger partial charge in [-0.1, -0.05) is 13.8 Å². The van der Waals surface area contributed by atoms with Gasteiger partial charge in [0.15, 0.2) is 0 Å². The van der Waals surface area contributed by atoms with E-state index in [4.69, 9.17) is 10.5 Å². The van der Waals surface area contributed by atoms with Gasteiger partial charge in [0.1, 0.15) is 0 Å². The molecule has 2 N–H and O–H groups in total. The monoisotopic (exact) mass is 335 g/mol. The third-order valence-electron chi connectivity index (χ3n) is 4.07. The van der Waals surface area contributed by atoms with E-state index in [-0.39, 0.29) is 11.3 Å². The minimum absolute atomic E-state index is 0.0524. The average molecular weight is 335 g/mol. The van der Waals surface area contributed by atoms with Gasteiger partial charge >= 0.3 is 0 Å². The summed E-state index contributed by atoms with van der Waals surface area (Å²) in [6.07, 6.45) is 6.87. The predicted octanol–water partition coefficient (Wildman–Crippen LogP) is 2.88. The van der Waals surface area contributed by atoms with Crippen molar-refractivity contribution in [1.29, 1.82) is 0 Å². The highest BCUT2D eigenvalue weighted by Crippen LogP contribution is 2.30. The summed E-state index contributed by atoms with van der Waals surface area (Å²) in [5, 5.41) is 2.03. The van der Waals surface area contributed by atoms with Crippen molar-refractivity contribution in [3.8, 4) is 5.88 Å². The molecular formula is C17H25N3O2S. The maximum absolute atomic E-state index is 11.4. The Balaban J connectivity index is 2.29. The standard InChI is InChI=1S/C17H25N3O2S/c1-5-16(18)14-9-20-17(22-7-6-12(3)23(4)21)15-10-19-11(2)8-13(14)15/h8-10,12,16H,5-7,18H2,1-4H3. The van der Waals surface area contributed by atoms with Gasteiger partial charge < -0.3 is 10.5 Å². The van der Waals surface area contributed by atoms with E-state index in [1.165, 1.54) is 0 Å². The second-order valence-electron chi connectivity index (χ2n) is 5.85. The fourth-order valence-electron chi connectivity index (χ4n) is 2.35. The highest BCUT2D eigenvalue weighted by atomic mass is 32.2. The van der Waals surface area contributed by atoms with E-state index in [9.17, 15) is 4.21 Å². The maximum Gasteiger partial charge on any atom is 0.222 e. The van der Waals surface area contributed by atoms with Crippen molar-refractivity contribution < 1.29 is 8.95 Å². The van der Waals surface area contributed by atoms with E-state index in [0.29, 0.717) is 12.5 Å². The molecule has 0 aliphatic heterocycles. The van der Waals surface area contributed by atoms with E-state index < -0.39 is 10.8 Å². The van der Waals surface area contributed by atoms with Gasteiger partial charge in [-0.25, -0.2) is 4.98 Å². The van der Waals surface area contributed by atoms with Crippen LogP contribution in [-0.4, -0.2) is 32.3 Å². The van der Waals surface area contributed by atoms with E-state index >= 15 is 0 Å². The maximum atomic E-state index is 11.4. The van der Waals surface area contributed by atoms with Gasteiger partial charge in [0, 0.05) is 46.4 Å². The van der Waals surface area contributed by atoms with Crippen LogP contribution in [0.3, 0.4) is 0 Å². The second kappa shape index (κ2) is 7.84. The van der Waals surface area contributed by atoms with Gasteiger partial charge in [-0.2, -0.15) is 0 Å². The van der Waals surface area contributed by atoms with Gasteiger partial charge in [-0.15, -0.1) is 0 Å². The molecule has 0 amide bonds. The Kier molecular flexibility index (Phi) is 6.07. The minimum atomic E-state index is -0.839. The van der Waals surface area contributed by atoms with Crippen molar-refractivity contribution in [2.75, 3.05) is 12.9 Å². The zero-order chi connectivity index (χ0) is 17.0. The number of nitrogens with zero attached hydrogens (tertiary/aromatic N) is 2. The molecule has 3 unspecified atom stereocenters. The quantitative estimate of drug-likeness (QED) is 0.842. The number of hydrogen-bond acceptors (Lipinski definition) is 5. The van der Waals surface area contributed by atoms with Crippen molar-refractivity contribution >= 4 is 21.6 Å². The van der Waals surface area contributed by atoms with Crippen LogP contribution in [0.15, 0.2) is 18.5 Å². The Morgan fingerprint density at radius 1 is 1.30 bits per heavy atom. The number of aryl methyl sites for hydroxylation is 1.